The maximum atomic E-state index is 11.0. The number of aliphatic hydroxyl groups is 6. The first-order valence-corrected chi connectivity index (χ1v) is 13.4. The maximum Gasteiger partial charge on any atom is 0.402 e. The van der Waals surface area contributed by atoms with E-state index in [-0.39, 0.29) is 51.0 Å². The second kappa shape index (κ2) is 12.7. The third-order valence-corrected chi connectivity index (χ3v) is 7.37. The van der Waals surface area contributed by atoms with Crippen LogP contribution in [0.25, 0.3) is 22.3 Å². The van der Waals surface area contributed by atoms with Gasteiger partial charge in [-0.3, -0.25) is 0 Å². The summed E-state index contributed by atoms with van der Waals surface area (Å²) in [7, 11) is 2.61. The Hall–Kier alpha value is -3.71. The SMILES string of the molecule is COc1cc(-c2[o+]c3cc(O)cc(O)c3cc2O[C@@H]2O[C@H](CO)[C@@H](O)[C@H](O)[C@H]2O[C@@H]2OC[C@@H](O)[C@H](O)[C@H]2O)cc(OC)c1O. The Morgan fingerprint density at radius 1 is 0.818 bits per heavy atom. The summed E-state index contributed by atoms with van der Waals surface area (Å²) < 4.78 is 39.4. The van der Waals surface area contributed by atoms with Gasteiger partial charge in [-0.15, -0.1) is 0 Å². The van der Waals surface area contributed by atoms with E-state index in [4.69, 9.17) is 32.8 Å². The zero-order valence-electron chi connectivity index (χ0n) is 23.4. The summed E-state index contributed by atoms with van der Waals surface area (Å²) in [5.74, 6) is -1.32. The number of phenols is 3. The molecule has 1 aromatic heterocycles. The predicted molar refractivity (Wildman–Crippen MR) is 145 cm³/mol. The first kappa shape index (κ1) is 31.7. The van der Waals surface area contributed by atoms with Gasteiger partial charge in [0, 0.05) is 24.3 Å². The van der Waals surface area contributed by atoms with Crippen LogP contribution in [-0.2, 0) is 14.2 Å². The van der Waals surface area contributed by atoms with Gasteiger partial charge in [-0.25, -0.2) is 4.42 Å². The van der Waals surface area contributed by atoms with Crippen LogP contribution in [0.1, 0.15) is 0 Å². The molecule has 2 saturated heterocycles. The highest BCUT2D eigenvalue weighted by Crippen LogP contribution is 2.45. The smallest absolute Gasteiger partial charge is 0.402 e. The van der Waals surface area contributed by atoms with Gasteiger partial charge in [0.25, 0.3) is 0 Å². The minimum Gasteiger partial charge on any atom is -0.507 e. The summed E-state index contributed by atoms with van der Waals surface area (Å²) in [5, 5.41) is 92.8. The summed E-state index contributed by atoms with van der Waals surface area (Å²) in [5.41, 5.74) is 0.204. The Morgan fingerprint density at radius 3 is 2.14 bits per heavy atom. The monoisotopic (exact) mass is 625 g/mol. The van der Waals surface area contributed by atoms with E-state index in [9.17, 15) is 46.0 Å². The Balaban J connectivity index is 1.61. The number of rotatable bonds is 8. The lowest BCUT2D eigenvalue weighted by molar-refractivity contribution is -0.344. The van der Waals surface area contributed by atoms with Gasteiger partial charge in [-0.2, -0.15) is 0 Å². The Labute approximate surface area is 249 Å². The number of phenolic OH excluding ortho intramolecular Hbond substituents is 3. The van der Waals surface area contributed by atoms with E-state index >= 15 is 0 Å². The molecule has 9 N–H and O–H groups in total. The van der Waals surface area contributed by atoms with Crippen LogP contribution in [0, 0.1) is 0 Å². The third kappa shape index (κ3) is 5.86. The van der Waals surface area contributed by atoms with E-state index in [1.54, 1.807) is 0 Å². The fourth-order valence-electron chi connectivity index (χ4n) is 4.97. The van der Waals surface area contributed by atoms with Crippen LogP contribution in [0.3, 0.4) is 0 Å². The van der Waals surface area contributed by atoms with Crippen molar-refractivity contribution >= 4 is 11.0 Å². The number of methoxy groups -OCH3 is 2. The number of hydrogen-bond acceptors (Lipinski definition) is 15. The molecule has 0 spiro atoms. The molecule has 0 amide bonds. The number of fused-ring (bicyclic) bond motifs is 1. The van der Waals surface area contributed by atoms with Crippen molar-refractivity contribution in [3.8, 4) is 45.8 Å². The first-order valence-electron chi connectivity index (χ1n) is 13.4. The molecular formula is C28H33O16+. The van der Waals surface area contributed by atoms with Gasteiger partial charge in [0.2, 0.25) is 17.8 Å². The van der Waals surface area contributed by atoms with Gasteiger partial charge < -0.3 is 74.4 Å². The van der Waals surface area contributed by atoms with Crippen molar-refractivity contribution < 1.29 is 78.8 Å². The average Bonchev–Trinajstić information content (AvgIpc) is 3.00. The van der Waals surface area contributed by atoms with Gasteiger partial charge >= 0.3 is 11.3 Å². The average molecular weight is 626 g/mol. The van der Waals surface area contributed by atoms with E-state index in [1.165, 1.54) is 38.5 Å². The molecule has 2 fully saturated rings. The Kier molecular flexibility index (Phi) is 9.17. The topological polar surface area (TPSA) is 249 Å². The molecule has 2 aliphatic rings. The van der Waals surface area contributed by atoms with Gasteiger partial charge in [0.1, 0.15) is 53.5 Å². The van der Waals surface area contributed by atoms with Crippen molar-refractivity contribution in [2.24, 2.45) is 0 Å². The molecule has 0 unspecified atom stereocenters. The molecule has 2 aliphatic heterocycles. The van der Waals surface area contributed by atoms with Crippen LogP contribution < -0.4 is 14.2 Å². The molecule has 5 rings (SSSR count). The van der Waals surface area contributed by atoms with Gasteiger partial charge in [-0.05, 0) is 0 Å². The van der Waals surface area contributed by atoms with Crippen molar-refractivity contribution in [1.82, 2.24) is 0 Å². The zero-order valence-corrected chi connectivity index (χ0v) is 23.4. The Morgan fingerprint density at radius 2 is 1.50 bits per heavy atom. The molecule has 44 heavy (non-hydrogen) atoms. The van der Waals surface area contributed by atoms with Crippen molar-refractivity contribution in [2.75, 3.05) is 27.4 Å². The minimum absolute atomic E-state index is 0.00295. The zero-order chi connectivity index (χ0) is 31.9. The highest BCUT2D eigenvalue weighted by atomic mass is 16.8. The molecular weight excluding hydrogens is 592 g/mol. The first-order chi connectivity index (χ1) is 21.0. The fraction of sp³-hybridized carbons (Fsp3) is 0.464. The second-order valence-electron chi connectivity index (χ2n) is 10.2. The molecule has 9 atom stereocenters. The van der Waals surface area contributed by atoms with Crippen molar-refractivity contribution in [3.05, 3.63) is 30.3 Å². The molecule has 0 bridgehead atoms. The van der Waals surface area contributed by atoms with E-state index in [2.05, 4.69) is 0 Å². The molecule has 0 radical (unpaired) electrons. The molecule has 16 heteroatoms. The summed E-state index contributed by atoms with van der Waals surface area (Å²) >= 11 is 0. The largest absolute Gasteiger partial charge is 0.507 e. The molecule has 3 heterocycles. The van der Waals surface area contributed by atoms with E-state index in [0.29, 0.717) is 0 Å². The summed E-state index contributed by atoms with van der Waals surface area (Å²) in [6.45, 7) is -1.18. The van der Waals surface area contributed by atoms with Crippen LogP contribution in [0.5, 0.6) is 34.5 Å². The van der Waals surface area contributed by atoms with Crippen LogP contribution in [0.2, 0.25) is 0 Å². The molecule has 0 aliphatic carbocycles. The standard InChI is InChI=1S/C28H32O16/c1-38-16-3-10(4-17(39-2)21(16)34)25-18(7-12-13(31)5-11(30)6-15(12)41-25)42-28-26(23(36)22(35)19(8-29)43-28)44-27-24(37)20(33)14(32)9-40-27/h3-7,14,19-20,22-24,26-29,32-33,35-37H,8-9H2,1-2H3,(H2-,30,31,34)/p+1/t14-,19-,20+,22-,23+,24-,26-,27+,28-/m1/s1. The van der Waals surface area contributed by atoms with E-state index in [1.807, 2.05) is 0 Å². The molecule has 3 aromatic rings. The lowest BCUT2D eigenvalue weighted by Gasteiger charge is -2.44. The van der Waals surface area contributed by atoms with Gasteiger partial charge in [0.15, 0.2) is 23.9 Å². The molecule has 2 aromatic carbocycles. The van der Waals surface area contributed by atoms with E-state index in [0.717, 1.165) is 6.07 Å². The normalized spacial score (nSPS) is 30.7. The minimum atomic E-state index is -1.80. The van der Waals surface area contributed by atoms with Crippen molar-refractivity contribution in [3.63, 3.8) is 0 Å². The number of benzene rings is 2. The number of aromatic hydroxyl groups is 3. The van der Waals surface area contributed by atoms with Crippen molar-refractivity contribution in [1.29, 1.82) is 0 Å². The van der Waals surface area contributed by atoms with Crippen LogP contribution in [0.4, 0.5) is 0 Å². The maximum absolute atomic E-state index is 11.0. The van der Waals surface area contributed by atoms with Gasteiger partial charge in [0.05, 0.1) is 39.1 Å². The predicted octanol–water partition coefficient (Wildman–Crippen LogP) is -0.843. The molecule has 240 valence electrons. The van der Waals surface area contributed by atoms with Crippen LogP contribution in [-0.4, -0.2) is 129 Å². The van der Waals surface area contributed by atoms with Crippen LogP contribution in [0.15, 0.2) is 34.7 Å². The lowest BCUT2D eigenvalue weighted by Crippen LogP contribution is -2.63. The lowest BCUT2D eigenvalue weighted by atomic mass is 9.98. The number of ether oxygens (including phenoxy) is 6. The molecule has 16 nitrogen and oxygen atoms in total. The quantitative estimate of drug-likeness (QED) is 0.138. The van der Waals surface area contributed by atoms with Crippen molar-refractivity contribution in [2.45, 2.75) is 55.3 Å². The highest BCUT2D eigenvalue weighted by molar-refractivity contribution is 5.88. The van der Waals surface area contributed by atoms with Gasteiger partial charge in [-0.1, -0.05) is 0 Å². The Bertz CT molecular complexity index is 1460. The summed E-state index contributed by atoms with van der Waals surface area (Å²) in [4.78, 5) is 0. The van der Waals surface area contributed by atoms with Crippen LogP contribution >= 0.6 is 0 Å². The summed E-state index contributed by atoms with van der Waals surface area (Å²) in [6.07, 6.45) is -14.6. The molecule has 0 saturated carbocycles. The highest BCUT2D eigenvalue weighted by Gasteiger charge is 2.50. The second-order valence-corrected chi connectivity index (χ2v) is 10.2. The van der Waals surface area contributed by atoms with E-state index < -0.39 is 74.3 Å². The summed E-state index contributed by atoms with van der Waals surface area (Å²) in [6, 6.07) is 6.35. The third-order valence-electron chi connectivity index (χ3n) is 7.37. The number of hydrogen-bond donors (Lipinski definition) is 9. The number of aliphatic hydroxyl groups excluding tert-OH is 6. The fourth-order valence-corrected chi connectivity index (χ4v) is 4.97.